The molecule has 4 aromatic carbocycles. The van der Waals surface area contributed by atoms with Crippen LogP contribution in [0.25, 0.3) is 6.08 Å². The molecule has 1 unspecified atom stereocenters. The van der Waals surface area contributed by atoms with Crippen molar-refractivity contribution in [3.63, 3.8) is 0 Å². The van der Waals surface area contributed by atoms with E-state index < -0.39 is 48.7 Å². The van der Waals surface area contributed by atoms with E-state index in [1.807, 2.05) is 50.3 Å². The predicted molar refractivity (Wildman–Crippen MR) is 319 cm³/mol. The Hall–Kier alpha value is -4.16. The number of benzene rings is 4. The van der Waals surface area contributed by atoms with Crippen LogP contribution < -0.4 is 19.8 Å². The Morgan fingerprint density at radius 3 is 1.95 bits per heavy atom. The highest BCUT2D eigenvalue weighted by Gasteiger charge is 2.52. The Kier molecular flexibility index (Phi) is 22.8. The van der Waals surface area contributed by atoms with Gasteiger partial charge in [-0.05, 0) is 127 Å². The van der Waals surface area contributed by atoms with E-state index in [1.54, 1.807) is 14.2 Å². The topological polar surface area (TPSA) is 100 Å². The van der Waals surface area contributed by atoms with Gasteiger partial charge in [-0.15, -0.1) is 0 Å². The third kappa shape index (κ3) is 17.4. The lowest BCUT2D eigenvalue weighted by molar-refractivity contribution is -0.151. The van der Waals surface area contributed by atoms with Gasteiger partial charge in [-0.1, -0.05) is 171 Å². The number of hydrogen-bond acceptors (Lipinski definition) is 10. The first-order valence-electron chi connectivity index (χ1n) is 27.5. The van der Waals surface area contributed by atoms with Gasteiger partial charge in [0.05, 0.1) is 32.5 Å². The molecule has 0 spiro atoms. The van der Waals surface area contributed by atoms with E-state index in [0.717, 1.165) is 41.3 Å². The molecule has 4 aromatic rings. The van der Waals surface area contributed by atoms with Crippen LogP contribution in [0.1, 0.15) is 116 Å². The molecule has 1 fully saturated rings. The molecule has 0 N–H and O–H groups in total. The average Bonchev–Trinajstić information content (AvgIpc) is 3.70. The van der Waals surface area contributed by atoms with E-state index in [1.165, 1.54) is 10.4 Å². The highest BCUT2D eigenvalue weighted by Crippen LogP contribution is 2.42. The molecule has 0 bridgehead atoms. The molecule has 1 saturated heterocycles. The van der Waals surface area contributed by atoms with Gasteiger partial charge in [0, 0.05) is 27.9 Å². The first kappa shape index (κ1) is 62.7. The van der Waals surface area contributed by atoms with Crippen molar-refractivity contribution in [3.05, 3.63) is 138 Å². The van der Waals surface area contributed by atoms with Crippen molar-refractivity contribution in [2.45, 2.75) is 181 Å². The summed E-state index contributed by atoms with van der Waals surface area (Å²) in [6.45, 7) is 35.0. The number of carbonyl (C=O) groups is 1. The Balaban J connectivity index is 1.47. The number of methoxy groups -OCH3 is 2. The van der Waals surface area contributed by atoms with E-state index in [9.17, 15) is 4.79 Å². The summed E-state index contributed by atoms with van der Waals surface area (Å²) >= 11 is 0. The van der Waals surface area contributed by atoms with Crippen LogP contribution in [0.2, 0.25) is 48.9 Å². The normalized spacial score (nSPS) is 17.8. The van der Waals surface area contributed by atoms with Gasteiger partial charge in [0.25, 0.3) is 8.32 Å². The molecule has 0 aliphatic carbocycles. The van der Waals surface area contributed by atoms with Crippen molar-refractivity contribution in [1.29, 1.82) is 0 Å². The fraction of sp³-hybridized carbons (Fsp3) is 0.540. The molecule has 1 aliphatic heterocycles. The maximum atomic E-state index is 14.3. The zero-order valence-corrected chi connectivity index (χ0v) is 52.4. The number of unbranched alkanes of at least 4 members (excludes halogenated alkanes) is 1. The van der Waals surface area contributed by atoms with E-state index in [4.69, 9.17) is 42.0 Å². The van der Waals surface area contributed by atoms with Gasteiger partial charge in [-0.3, -0.25) is 0 Å². The number of carbonyl (C=O) groups excluding carboxylic acids is 1. The summed E-state index contributed by atoms with van der Waals surface area (Å²) in [5, 5.41) is 2.28. The van der Waals surface area contributed by atoms with Crippen molar-refractivity contribution in [1.82, 2.24) is 0 Å². The van der Waals surface area contributed by atoms with Crippen molar-refractivity contribution in [2.75, 3.05) is 34.2 Å². The lowest BCUT2D eigenvalue weighted by Gasteiger charge is -2.45. The molecule has 418 valence electrons. The third-order valence-corrected chi connectivity index (χ3v) is 26.2. The number of esters is 1. The van der Waals surface area contributed by atoms with Crippen molar-refractivity contribution in [3.8, 4) is 11.5 Å². The average molecular weight is 1100 g/mol. The van der Waals surface area contributed by atoms with Crippen LogP contribution in [0, 0.1) is 5.92 Å². The van der Waals surface area contributed by atoms with Gasteiger partial charge in [0.15, 0.2) is 20.9 Å². The summed E-state index contributed by atoms with van der Waals surface area (Å²) in [6, 6.07) is 34.4. The second kappa shape index (κ2) is 27.6. The summed E-state index contributed by atoms with van der Waals surface area (Å²) in [5.74, 6) is -0.0297. The van der Waals surface area contributed by atoms with Crippen LogP contribution in [-0.2, 0) is 45.6 Å². The number of rotatable bonds is 28. The summed E-state index contributed by atoms with van der Waals surface area (Å²) < 4.78 is 57.6. The van der Waals surface area contributed by atoms with Gasteiger partial charge >= 0.3 is 5.97 Å². The molecule has 0 saturated carbocycles. The quantitative estimate of drug-likeness (QED) is 0.0180. The second-order valence-corrected chi connectivity index (χ2v) is 39.3. The molecule has 13 heteroatoms. The van der Waals surface area contributed by atoms with Crippen LogP contribution in [-0.4, -0.2) is 95.1 Å². The summed E-state index contributed by atoms with van der Waals surface area (Å²) in [6.07, 6.45) is 10.2. The van der Waals surface area contributed by atoms with E-state index in [0.29, 0.717) is 44.0 Å². The van der Waals surface area contributed by atoms with Crippen LogP contribution in [0.5, 0.6) is 11.5 Å². The maximum absolute atomic E-state index is 14.3. The monoisotopic (exact) mass is 1090 g/mol. The molecule has 0 aromatic heterocycles. The lowest BCUT2D eigenvalue weighted by Crippen LogP contribution is -2.67. The molecule has 76 heavy (non-hydrogen) atoms. The van der Waals surface area contributed by atoms with Gasteiger partial charge in [0.2, 0.25) is 0 Å². The van der Waals surface area contributed by atoms with E-state index in [2.05, 4.69) is 173 Å². The smallest absolute Gasteiger partial charge is 0.342 e. The third-order valence-electron chi connectivity index (χ3n) is 14.9. The van der Waals surface area contributed by atoms with Crippen LogP contribution in [0.3, 0.4) is 0 Å². The lowest BCUT2D eigenvalue weighted by atomic mass is 9.94. The Morgan fingerprint density at radius 2 is 1.38 bits per heavy atom. The van der Waals surface area contributed by atoms with Crippen molar-refractivity contribution in [2.24, 2.45) is 5.92 Å². The van der Waals surface area contributed by atoms with Gasteiger partial charge < -0.3 is 42.0 Å². The molecule has 0 amide bonds. The summed E-state index contributed by atoms with van der Waals surface area (Å²) in [5.41, 5.74) is 3.26. The highest BCUT2D eigenvalue weighted by molar-refractivity contribution is 6.99. The fourth-order valence-electron chi connectivity index (χ4n) is 9.35. The van der Waals surface area contributed by atoms with Crippen LogP contribution >= 0.6 is 0 Å². The Labute approximate surface area is 461 Å². The minimum absolute atomic E-state index is 0.0145. The molecular weight excluding hydrogens is 1000 g/mol. The number of hydrogen-bond donors (Lipinski definition) is 0. The minimum Gasteiger partial charge on any atom is -0.497 e. The minimum atomic E-state index is -2.82. The fourth-order valence-corrected chi connectivity index (χ4v) is 16.1. The number of ether oxygens (including phenoxy) is 7. The van der Waals surface area contributed by atoms with Gasteiger partial charge in [-0.2, -0.15) is 0 Å². The van der Waals surface area contributed by atoms with Crippen molar-refractivity contribution < 1.29 is 46.8 Å². The maximum Gasteiger partial charge on any atom is 0.342 e. The number of aryl methyl sites for hydroxylation is 1. The first-order chi connectivity index (χ1) is 35.7. The Morgan fingerprint density at radius 1 is 0.750 bits per heavy atom. The SMILES string of the molecule is COCOc1ccc(CCCCOCc2ccc(OC)cc2)c(C=CC[C@@H]2OC(C)(C)O[C@@H]2C(C=C[C@@H](C)[C@H](C)O[Si](c2ccccc2)(c2ccccc2)C(C)(C)C)O[Si](C)(C)C(C)(C)C)c1C(=O)OCC[Si](C)(C)C. The molecule has 10 nitrogen and oxygen atoms in total. The largest absolute Gasteiger partial charge is 0.497 e. The van der Waals surface area contributed by atoms with E-state index >= 15 is 0 Å². The van der Waals surface area contributed by atoms with Crippen LogP contribution in [0.15, 0.2) is 115 Å². The molecule has 1 heterocycles. The molecule has 5 atom stereocenters. The Bertz CT molecular complexity index is 2410. The predicted octanol–water partition coefficient (Wildman–Crippen LogP) is 14.2. The second-order valence-electron chi connectivity index (χ2n) is 24.7. The highest BCUT2D eigenvalue weighted by atomic mass is 28.4. The molecule has 5 rings (SSSR count). The first-order valence-corrected chi connectivity index (χ1v) is 36.1. The zero-order valence-electron chi connectivity index (χ0n) is 49.4. The van der Waals surface area contributed by atoms with E-state index in [-0.39, 0.29) is 35.0 Å². The standard InChI is InChI=1S/C63H94O10Si3/c1-47(48(2)72-76(62(6,7)8,52-28-20-18-21-29-52)53-30-22-19-23-31-53)34-40-57(73-75(16,17)61(3,4)5)59-56(70-63(9,10)71-59)33-26-32-54-50(27-24-25-42-67-45-49-35-38-51(66-12)39-36-49)37-41-55(69-46-65-11)58(54)60(64)68-43-44-74(13,14)15/h18-23,26,28-32,34-41,47-48,56-57,59H,24-25,27,33,42-46H2,1-17H3/t47-,48+,56+,57?,59+/m1/s1. The molecule has 1 aliphatic rings. The zero-order chi connectivity index (χ0) is 56.0. The van der Waals surface area contributed by atoms with Gasteiger partial charge in [0.1, 0.15) is 23.2 Å². The summed E-state index contributed by atoms with van der Waals surface area (Å²) in [4.78, 5) is 14.3. The van der Waals surface area contributed by atoms with Crippen LogP contribution in [0.4, 0.5) is 0 Å². The van der Waals surface area contributed by atoms with Crippen molar-refractivity contribution >= 4 is 47.1 Å². The van der Waals surface area contributed by atoms with Gasteiger partial charge in [-0.25, -0.2) is 4.79 Å². The molecular formula is C63H94O10Si3. The summed E-state index contributed by atoms with van der Waals surface area (Å²) in [7, 11) is -3.45. The molecule has 0 radical (unpaired) electrons.